The summed E-state index contributed by atoms with van der Waals surface area (Å²) in [6, 6.07) is 0. The van der Waals surface area contributed by atoms with Crippen molar-refractivity contribution in [3.05, 3.63) is 12.7 Å². The molecule has 106 valence electrons. The molecular formula is C14H28N2O2. The van der Waals surface area contributed by atoms with Crippen LogP contribution in [0.5, 0.6) is 0 Å². The molecule has 0 rings (SSSR count). The average Bonchev–Trinajstić information content (AvgIpc) is 2.38. The average molecular weight is 256 g/mol. The predicted octanol–water partition coefficient (Wildman–Crippen LogP) is 1.85. The van der Waals surface area contributed by atoms with Gasteiger partial charge >= 0.3 is 0 Å². The maximum absolute atomic E-state index is 11.5. The monoisotopic (exact) mass is 256 g/mol. The van der Waals surface area contributed by atoms with E-state index in [4.69, 9.17) is 10.5 Å². The smallest absolute Gasteiger partial charge is 0.220 e. The SMILES string of the molecule is C=CCCOCCNC(=O)CCC(CC)CCN. The summed E-state index contributed by atoms with van der Waals surface area (Å²) in [5.74, 6) is 0.683. The zero-order valence-corrected chi connectivity index (χ0v) is 11.6. The highest BCUT2D eigenvalue weighted by Gasteiger charge is 2.08. The molecule has 4 nitrogen and oxygen atoms in total. The lowest BCUT2D eigenvalue weighted by molar-refractivity contribution is -0.121. The van der Waals surface area contributed by atoms with Gasteiger partial charge in [-0.25, -0.2) is 0 Å². The Morgan fingerprint density at radius 1 is 1.44 bits per heavy atom. The van der Waals surface area contributed by atoms with Crippen LogP contribution in [-0.2, 0) is 9.53 Å². The Labute approximate surface area is 111 Å². The van der Waals surface area contributed by atoms with E-state index in [-0.39, 0.29) is 5.91 Å². The Bertz CT molecular complexity index is 220. The Kier molecular flexibility index (Phi) is 12.0. The number of hydrogen-bond donors (Lipinski definition) is 2. The first-order chi connectivity index (χ1) is 8.74. The van der Waals surface area contributed by atoms with Crippen molar-refractivity contribution in [3.63, 3.8) is 0 Å². The molecule has 0 bridgehead atoms. The van der Waals surface area contributed by atoms with Crippen LogP contribution in [0.3, 0.4) is 0 Å². The number of amides is 1. The van der Waals surface area contributed by atoms with Gasteiger partial charge < -0.3 is 15.8 Å². The van der Waals surface area contributed by atoms with E-state index in [0.717, 1.165) is 25.7 Å². The van der Waals surface area contributed by atoms with Crippen molar-refractivity contribution in [3.8, 4) is 0 Å². The van der Waals surface area contributed by atoms with E-state index in [1.165, 1.54) is 0 Å². The molecule has 4 heteroatoms. The lowest BCUT2D eigenvalue weighted by atomic mass is 9.96. The number of carbonyl (C=O) groups excluding carboxylic acids is 1. The number of carbonyl (C=O) groups is 1. The van der Waals surface area contributed by atoms with Gasteiger partial charge in [0.15, 0.2) is 0 Å². The van der Waals surface area contributed by atoms with E-state index in [2.05, 4.69) is 18.8 Å². The largest absolute Gasteiger partial charge is 0.379 e. The van der Waals surface area contributed by atoms with Crippen molar-refractivity contribution in [2.75, 3.05) is 26.3 Å². The molecule has 3 N–H and O–H groups in total. The topological polar surface area (TPSA) is 64.3 Å². The minimum Gasteiger partial charge on any atom is -0.379 e. The van der Waals surface area contributed by atoms with Gasteiger partial charge in [-0.05, 0) is 31.7 Å². The van der Waals surface area contributed by atoms with Crippen molar-refractivity contribution in [1.29, 1.82) is 0 Å². The summed E-state index contributed by atoms with van der Waals surface area (Å²) in [6.07, 6.45) is 6.29. The van der Waals surface area contributed by atoms with Crippen molar-refractivity contribution >= 4 is 5.91 Å². The lowest BCUT2D eigenvalue weighted by Crippen LogP contribution is -2.27. The quantitative estimate of drug-likeness (QED) is 0.414. The van der Waals surface area contributed by atoms with Gasteiger partial charge in [0.1, 0.15) is 0 Å². The van der Waals surface area contributed by atoms with Crippen molar-refractivity contribution < 1.29 is 9.53 Å². The minimum absolute atomic E-state index is 0.109. The first-order valence-corrected chi connectivity index (χ1v) is 6.90. The third kappa shape index (κ3) is 10.3. The van der Waals surface area contributed by atoms with E-state index < -0.39 is 0 Å². The van der Waals surface area contributed by atoms with Crippen LogP contribution < -0.4 is 11.1 Å². The molecule has 18 heavy (non-hydrogen) atoms. The van der Waals surface area contributed by atoms with Gasteiger partial charge in [0.2, 0.25) is 5.91 Å². The first-order valence-electron chi connectivity index (χ1n) is 6.90. The van der Waals surface area contributed by atoms with Gasteiger partial charge in [0, 0.05) is 13.0 Å². The number of nitrogens with two attached hydrogens (primary N) is 1. The first kappa shape index (κ1) is 17.1. The van der Waals surface area contributed by atoms with Crippen LogP contribution >= 0.6 is 0 Å². The van der Waals surface area contributed by atoms with Gasteiger partial charge in [-0.1, -0.05) is 19.4 Å². The van der Waals surface area contributed by atoms with Crippen LogP contribution in [0.15, 0.2) is 12.7 Å². The standard InChI is InChI=1S/C14H28N2O2/c1-3-5-11-18-12-10-16-14(17)7-6-13(4-2)8-9-15/h3,13H,1,4-12,15H2,2H3,(H,16,17). The van der Waals surface area contributed by atoms with Crippen LogP contribution in [0.4, 0.5) is 0 Å². The minimum atomic E-state index is 0.109. The summed E-state index contributed by atoms with van der Waals surface area (Å²) in [7, 11) is 0. The molecule has 0 heterocycles. The molecule has 0 fully saturated rings. The molecule has 1 atom stereocenters. The van der Waals surface area contributed by atoms with Crippen LogP contribution in [0.1, 0.15) is 39.0 Å². The number of ether oxygens (including phenoxy) is 1. The van der Waals surface area contributed by atoms with E-state index in [1.54, 1.807) is 0 Å². The summed E-state index contributed by atoms with van der Waals surface area (Å²) in [4.78, 5) is 11.5. The second kappa shape index (κ2) is 12.6. The normalized spacial score (nSPS) is 12.1. The van der Waals surface area contributed by atoms with Crippen molar-refractivity contribution in [1.82, 2.24) is 5.32 Å². The zero-order valence-electron chi connectivity index (χ0n) is 11.6. The van der Waals surface area contributed by atoms with Gasteiger partial charge in [-0.3, -0.25) is 4.79 Å². The Balaban J connectivity index is 3.44. The van der Waals surface area contributed by atoms with Gasteiger partial charge in [0.25, 0.3) is 0 Å². The zero-order chi connectivity index (χ0) is 13.6. The molecule has 0 saturated heterocycles. The van der Waals surface area contributed by atoms with Gasteiger partial charge in [-0.15, -0.1) is 6.58 Å². The molecule has 0 aliphatic heterocycles. The number of nitrogens with one attached hydrogen (secondary N) is 1. The molecule has 1 unspecified atom stereocenters. The van der Waals surface area contributed by atoms with E-state index in [9.17, 15) is 4.79 Å². The Morgan fingerprint density at radius 3 is 2.83 bits per heavy atom. The van der Waals surface area contributed by atoms with Crippen LogP contribution in [0, 0.1) is 5.92 Å². The summed E-state index contributed by atoms with van der Waals surface area (Å²) in [5.41, 5.74) is 5.53. The molecule has 0 saturated carbocycles. The molecule has 1 amide bonds. The maximum atomic E-state index is 11.5. The summed E-state index contributed by atoms with van der Waals surface area (Å²) < 4.78 is 5.31. The molecule has 0 aliphatic carbocycles. The van der Waals surface area contributed by atoms with E-state index in [1.807, 2.05) is 6.08 Å². The van der Waals surface area contributed by atoms with Crippen LogP contribution in [-0.4, -0.2) is 32.2 Å². The molecule has 0 aromatic rings. The maximum Gasteiger partial charge on any atom is 0.220 e. The fraction of sp³-hybridized carbons (Fsp3) is 0.786. The molecule has 0 aliphatic rings. The molecule has 0 aromatic carbocycles. The molecule has 0 radical (unpaired) electrons. The number of hydrogen-bond acceptors (Lipinski definition) is 3. The van der Waals surface area contributed by atoms with Crippen LogP contribution in [0.25, 0.3) is 0 Å². The molecule has 0 aromatic heterocycles. The van der Waals surface area contributed by atoms with Crippen LogP contribution in [0.2, 0.25) is 0 Å². The third-order valence-corrected chi connectivity index (χ3v) is 2.97. The van der Waals surface area contributed by atoms with E-state index >= 15 is 0 Å². The highest BCUT2D eigenvalue weighted by molar-refractivity contribution is 5.75. The summed E-state index contributed by atoms with van der Waals surface area (Å²) in [5, 5.41) is 2.86. The predicted molar refractivity (Wildman–Crippen MR) is 75.3 cm³/mol. The number of rotatable bonds is 12. The third-order valence-electron chi connectivity index (χ3n) is 2.97. The second-order valence-corrected chi connectivity index (χ2v) is 4.43. The molecule has 0 spiro atoms. The fourth-order valence-corrected chi connectivity index (χ4v) is 1.74. The van der Waals surface area contributed by atoms with Gasteiger partial charge in [0.05, 0.1) is 13.2 Å². The summed E-state index contributed by atoms with van der Waals surface area (Å²) in [6.45, 7) is 8.29. The molecular weight excluding hydrogens is 228 g/mol. The van der Waals surface area contributed by atoms with Crippen molar-refractivity contribution in [2.45, 2.75) is 39.0 Å². The highest BCUT2D eigenvalue weighted by Crippen LogP contribution is 2.13. The van der Waals surface area contributed by atoms with Crippen molar-refractivity contribution in [2.24, 2.45) is 11.7 Å². The Morgan fingerprint density at radius 2 is 2.22 bits per heavy atom. The van der Waals surface area contributed by atoms with Gasteiger partial charge in [-0.2, -0.15) is 0 Å². The Hall–Kier alpha value is -0.870. The second-order valence-electron chi connectivity index (χ2n) is 4.43. The fourth-order valence-electron chi connectivity index (χ4n) is 1.74. The highest BCUT2D eigenvalue weighted by atomic mass is 16.5. The lowest BCUT2D eigenvalue weighted by Gasteiger charge is -2.13. The summed E-state index contributed by atoms with van der Waals surface area (Å²) >= 11 is 0. The van der Waals surface area contributed by atoms with E-state index in [0.29, 0.717) is 38.6 Å².